The van der Waals surface area contributed by atoms with E-state index in [9.17, 15) is 4.79 Å². The van der Waals surface area contributed by atoms with Crippen molar-refractivity contribution in [3.8, 4) is 0 Å². The molecule has 3 aromatic rings. The maximum absolute atomic E-state index is 12.4. The van der Waals surface area contributed by atoms with Gasteiger partial charge in [-0.3, -0.25) is 4.79 Å². The zero-order valence-electron chi connectivity index (χ0n) is 10.4. The summed E-state index contributed by atoms with van der Waals surface area (Å²) in [6.07, 6.45) is 0. The van der Waals surface area contributed by atoms with Crippen LogP contribution in [-0.2, 0) is 0 Å². The Kier molecular flexibility index (Phi) is 3.67. The Hall–Kier alpha value is -1.89. The number of rotatable bonds is 2. The SMILES string of the molecule is Nc1ccc(Cl)c(C(=O)Nc2c(Cl)ccc3nsnc23)c1. The van der Waals surface area contributed by atoms with Gasteiger partial charge in [-0.05, 0) is 30.3 Å². The van der Waals surface area contributed by atoms with Crippen molar-refractivity contribution in [2.24, 2.45) is 0 Å². The average molecular weight is 339 g/mol. The maximum Gasteiger partial charge on any atom is 0.257 e. The standard InChI is InChI=1S/C13H8Cl2N4OS/c14-8-2-1-6(16)5-7(8)13(20)17-11-9(15)3-4-10-12(11)19-21-18-10/h1-5H,16H2,(H,17,20). The second-order valence-corrected chi connectivity index (χ2v) is 5.59. The molecule has 0 radical (unpaired) electrons. The Morgan fingerprint density at radius 2 is 1.90 bits per heavy atom. The predicted molar refractivity (Wildman–Crippen MR) is 86.2 cm³/mol. The van der Waals surface area contributed by atoms with E-state index in [1.54, 1.807) is 24.3 Å². The monoisotopic (exact) mass is 338 g/mol. The van der Waals surface area contributed by atoms with Crippen LogP contribution in [0.25, 0.3) is 11.0 Å². The average Bonchev–Trinajstić information content (AvgIpc) is 2.93. The number of halogens is 2. The lowest BCUT2D eigenvalue weighted by atomic mass is 10.1. The second kappa shape index (κ2) is 5.48. The number of hydrogen-bond acceptors (Lipinski definition) is 5. The molecule has 1 heterocycles. The molecule has 0 bridgehead atoms. The van der Waals surface area contributed by atoms with Gasteiger partial charge in [-0.25, -0.2) is 0 Å². The van der Waals surface area contributed by atoms with Gasteiger partial charge in [-0.2, -0.15) is 8.75 Å². The summed E-state index contributed by atoms with van der Waals surface area (Å²) >= 11 is 13.2. The van der Waals surface area contributed by atoms with E-state index in [0.29, 0.717) is 32.5 Å². The first-order valence-electron chi connectivity index (χ1n) is 5.83. The van der Waals surface area contributed by atoms with E-state index in [-0.39, 0.29) is 5.56 Å². The fourth-order valence-electron chi connectivity index (χ4n) is 1.84. The number of nitrogens with two attached hydrogens (primary N) is 1. The summed E-state index contributed by atoms with van der Waals surface area (Å²) in [7, 11) is 0. The number of carbonyl (C=O) groups excluding carboxylic acids is 1. The fraction of sp³-hybridized carbons (Fsp3) is 0. The summed E-state index contributed by atoms with van der Waals surface area (Å²) in [6.45, 7) is 0. The lowest BCUT2D eigenvalue weighted by molar-refractivity contribution is 0.102. The highest BCUT2D eigenvalue weighted by atomic mass is 35.5. The quantitative estimate of drug-likeness (QED) is 0.695. The van der Waals surface area contributed by atoms with Crippen LogP contribution in [0.15, 0.2) is 30.3 Å². The van der Waals surface area contributed by atoms with Crippen LogP contribution in [0.3, 0.4) is 0 Å². The Labute approximate surface area is 134 Å². The summed E-state index contributed by atoms with van der Waals surface area (Å²) in [6, 6.07) is 8.09. The molecular formula is C13H8Cl2N4OS. The van der Waals surface area contributed by atoms with E-state index in [1.807, 2.05) is 0 Å². The van der Waals surface area contributed by atoms with Crippen molar-refractivity contribution >= 4 is 63.2 Å². The molecule has 2 aromatic carbocycles. The molecule has 0 aliphatic carbocycles. The number of carbonyl (C=O) groups is 1. The Balaban J connectivity index is 2.02. The number of hydrogen-bond donors (Lipinski definition) is 2. The van der Waals surface area contributed by atoms with Gasteiger partial charge in [0, 0.05) is 5.69 Å². The van der Waals surface area contributed by atoms with E-state index in [4.69, 9.17) is 28.9 Å². The van der Waals surface area contributed by atoms with E-state index < -0.39 is 5.91 Å². The summed E-state index contributed by atoms with van der Waals surface area (Å²) in [5, 5.41) is 3.40. The number of fused-ring (bicyclic) bond motifs is 1. The van der Waals surface area contributed by atoms with E-state index in [1.165, 1.54) is 6.07 Å². The zero-order chi connectivity index (χ0) is 15.0. The molecule has 0 spiro atoms. The van der Waals surface area contributed by atoms with Crippen LogP contribution < -0.4 is 11.1 Å². The Bertz CT molecular complexity index is 849. The van der Waals surface area contributed by atoms with E-state index >= 15 is 0 Å². The van der Waals surface area contributed by atoms with Gasteiger partial charge in [0.1, 0.15) is 11.0 Å². The summed E-state index contributed by atoms with van der Waals surface area (Å²) in [4.78, 5) is 12.4. The number of amides is 1. The molecule has 8 heteroatoms. The number of nitrogens with one attached hydrogen (secondary N) is 1. The second-order valence-electron chi connectivity index (χ2n) is 4.25. The summed E-state index contributed by atoms with van der Waals surface area (Å²) in [5.41, 5.74) is 8.01. The molecule has 0 fully saturated rings. The van der Waals surface area contributed by atoms with E-state index in [0.717, 1.165) is 11.7 Å². The molecule has 5 nitrogen and oxygen atoms in total. The van der Waals surface area contributed by atoms with Gasteiger partial charge in [0.25, 0.3) is 5.91 Å². The number of anilines is 2. The first kappa shape index (κ1) is 14.1. The van der Waals surface area contributed by atoms with Crippen molar-refractivity contribution < 1.29 is 4.79 Å². The lowest BCUT2D eigenvalue weighted by Gasteiger charge is -2.09. The van der Waals surface area contributed by atoms with Crippen molar-refractivity contribution in [3.05, 3.63) is 45.9 Å². The van der Waals surface area contributed by atoms with Gasteiger partial charge in [0.05, 0.1) is 33.0 Å². The van der Waals surface area contributed by atoms with Crippen molar-refractivity contribution in [1.29, 1.82) is 0 Å². The number of aromatic nitrogens is 2. The highest BCUT2D eigenvalue weighted by molar-refractivity contribution is 7.00. The summed E-state index contributed by atoms with van der Waals surface area (Å²) < 4.78 is 8.25. The minimum absolute atomic E-state index is 0.271. The van der Waals surface area contributed by atoms with Gasteiger partial charge in [-0.1, -0.05) is 23.2 Å². The molecule has 1 amide bonds. The van der Waals surface area contributed by atoms with Crippen molar-refractivity contribution in [1.82, 2.24) is 8.75 Å². The fourth-order valence-corrected chi connectivity index (χ4v) is 2.79. The minimum Gasteiger partial charge on any atom is -0.399 e. The first-order chi connectivity index (χ1) is 10.1. The van der Waals surface area contributed by atoms with Crippen LogP contribution >= 0.6 is 34.9 Å². The zero-order valence-corrected chi connectivity index (χ0v) is 12.8. The van der Waals surface area contributed by atoms with Crippen molar-refractivity contribution in [2.75, 3.05) is 11.1 Å². The molecule has 0 atom stereocenters. The number of benzene rings is 2. The largest absolute Gasteiger partial charge is 0.399 e. The van der Waals surface area contributed by atoms with Crippen molar-refractivity contribution in [3.63, 3.8) is 0 Å². The topological polar surface area (TPSA) is 80.9 Å². The summed E-state index contributed by atoms with van der Waals surface area (Å²) in [5.74, 6) is -0.408. The van der Waals surface area contributed by atoms with Gasteiger partial charge in [-0.15, -0.1) is 0 Å². The Morgan fingerprint density at radius 3 is 2.71 bits per heavy atom. The molecule has 0 saturated carbocycles. The smallest absolute Gasteiger partial charge is 0.257 e. The molecule has 0 aliphatic rings. The molecule has 21 heavy (non-hydrogen) atoms. The highest BCUT2D eigenvalue weighted by Crippen LogP contribution is 2.31. The third-order valence-corrected chi connectivity index (χ3v) is 4.04. The van der Waals surface area contributed by atoms with Gasteiger partial charge < -0.3 is 11.1 Å². The van der Waals surface area contributed by atoms with Crippen LogP contribution in [0.2, 0.25) is 10.0 Å². The highest BCUT2D eigenvalue weighted by Gasteiger charge is 2.16. The minimum atomic E-state index is -0.408. The normalized spacial score (nSPS) is 10.8. The predicted octanol–water partition coefficient (Wildman–Crippen LogP) is 3.83. The number of nitrogens with zero attached hydrogens (tertiary/aromatic N) is 2. The van der Waals surface area contributed by atoms with Crippen LogP contribution in [0.4, 0.5) is 11.4 Å². The molecule has 0 unspecified atom stereocenters. The van der Waals surface area contributed by atoms with E-state index in [2.05, 4.69) is 14.1 Å². The first-order valence-corrected chi connectivity index (χ1v) is 7.32. The van der Waals surface area contributed by atoms with Crippen molar-refractivity contribution in [2.45, 2.75) is 0 Å². The van der Waals surface area contributed by atoms with Gasteiger partial charge in [0.2, 0.25) is 0 Å². The Morgan fingerprint density at radius 1 is 1.14 bits per heavy atom. The molecule has 3 N–H and O–H groups in total. The molecule has 106 valence electrons. The van der Waals surface area contributed by atoms with Crippen LogP contribution in [0.1, 0.15) is 10.4 Å². The molecular weight excluding hydrogens is 331 g/mol. The van der Waals surface area contributed by atoms with Crippen LogP contribution in [0, 0.1) is 0 Å². The van der Waals surface area contributed by atoms with Gasteiger partial charge >= 0.3 is 0 Å². The number of nitrogen functional groups attached to an aromatic ring is 1. The molecule has 0 aliphatic heterocycles. The van der Waals surface area contributed by atoms with Crippen LogP contribution in [0.5, 0.6) is 0 Å². The van der Waals surface area contributed by atoms with Crippen LogP contribution in [-0.4, -0.2) is 14.7 Å². The molecule has 0 saturated heterocycles. The third kappa shape index (κ3) is 2.65. The molecule has 1 aromatic heterocycles. The maximum atomic E-state index is 12.4. The third-order valence-electron chi connectivity index (χ3n) is 2.85. The molecule has 3 rings (SSSR count). The lowest BCUT2D eigenvalue weighted by Crippen LogP contribution is -2.13. The van der Waals surface area contributed by atoms with Gasteiger partial charge in [0.15, 0.2) is 0 Å².